The van der Waals surface area contributed by atoms with E-state index in [2.05, 4.69) is 12.1 Å². The Bertz CT molecular complexity index is 489. The molecule has 0 heterocycles. The van der Waals surface area contributed by atoms with Crippen LogP contribution in [0.5, 0.6) is 5.75 Å². The van der Waals surface area contributed by atoms with E-state index in [1.54, 1.807) is 7.11 Å². The molecule has 0 saturated carbocycles. The standard InChI is InChI=1S/C16H20O3/c1-3-19-16(17)10-12-5-4-6-13-7-8-15(18-2)11-14(13)9-12/h7-9,11H,3-6,10H2,1-2H3. The smallest absolute Gasteiger partial charge is 0.309 e. The molecule has 19 heavy (non-hydrogen) atoms. The molecule has 2 rings (SSSR count). The molecule has 1 aliphatic rings. The lowest BCUT2D eigenvalue weighted by Gasteiger charge is -2.06. The van der Waals surface area contributed by atoms with Gasteiger partial charge in [-0.1, -0.05) is 17.7 Å². The fourth-order valence-corrected chi connectivity index (χ4v) is 2.40. The maximum atomic E-state index is 11.6. The van der Waals surface area contributed by atoms with Gasteiger partial charge < -0.3 is 9.47 Å². The van der Waals surface area contributed by atoms with E-state index in [1.807, 2.05) is 19.1 Å². The number of rotatable bonds is 4. The van der Waals surface area contributed by atoms with E-state index in [9.17, 15) is 4.79 Å². The molecular weight excluding hydrogens is 240 g/mol. The van der Waals surface area contributed by atoms with Crippen molar-refractivity contribution >= 4 is 12.0 Å². The molecule has 1 aliphatic carbocycles. The fourth-order valence-electron chi connectivity index (χ4n) is 2.40. The molecule has 0 N–H and O–H groups in total. The van der Waals surface area contributed by atoms with Crippen LogP contribution in [0.15, 0.2) is 23.8 Å². The average Bonchev–Trinajstić information content (AvgIpc) is 2.59. The van der Waals surface area contributed by atoms with Gasteiger partial charge in [-0.05, 0) is 49.4 Å². The largest absolute Gasteiger partial charge is 0.497 e. The summed E-state index contributed by atoms with van der Waals surface area (Å²) in [6, 6.07) is 6.13. The zero-order valence-electron chi connectivity index (χ0n) is 11.6. The number of aryl methyl sites for hydroxylation is 1. The second kappa shape index (κ2) is 6.41. The Labute approximate surface area is 114 Å². The Balaban J connectivity index is 2.21. The number of fused-ring (bicyclic) bond motifs is 1. The molecule has 0 radical (unpaired) electrons. The highest BCUT2D eigenvalue weighted by molar-refractivity contribution is 5.75. The molecule has 0 saturated heterocycles. The van der Waals surface area contributed by atoms with Crippen LogP contribution in [0.1, 0.15) is 37.3 Å². The van der Waals surface area contributed by atoms with Crippen LogP contribution in [0.2, 0.25) is 0 Å². The Hall–Kier alpha value is -1.77. The van der Waals surface area contributed by atoms with Crippen molar-refractivity contribution in [2.75, 3.05) is 13.7 Å². The first kappa shape index (κ1) is 13.7. The van der Waals surface area contributed by atoms with Gasteiger partial charge in [0.05, 0.1) is 20.1 Å². The number of ether oxygens (including phenoxy) is 2. The number of carbonyl (C=O) groups is 1. The van der Waals surface area contributed by atoms with Gasteiger partial charge in [0.1, 0.15) is 5.75 Å². The van der Waals surface area contributed by atoms with Gasteiger partial charge in [0.15, 0.2) is 0 Å². The lowest BCUT2D eigenvalue weighted by molar-refractivity contribution is -0.142. The van der Waals surface area contributed by atoms with Gasteiger partial charge in [-0.15, -0.1) is 0 Å². The maximum Gasteiger partial charge on any atom is 0.309 e. The molecule has 3 nitrogen and oxygen atoms in total. The zero-order valence-corrected chi connectivity index (χ0v) is 11.6. The molecular formula is C16H20O3. The summed E-state index contributed by atoms with van der Waals surface area (Å²) in [6.07, 6.45) is 5.58. The van der Waals surface area contributed by atoms with E-state index in [1.165, 1.54) is 5.56 Å². The quantitative estimate of drug-likeness (QED) is 0.779. The van der Waals surface area contributed by atoms with E-state index < -0.39 is 0 Å². The minimum absolute atomic E-state index is 0.139. The van der Waals surface area contributed by atoms with E-state index in [0.29, 0.717) is 13.0 Å². The first-order valence-corrected chi connectivity index (χ1v) is 6.75. The monoisotopic (exact) mass is 260 g/mol. The van der Waals surface area contributed by atoms with Crippen molar-refractivity contribution in [1.82, 2.24) is 0 Å². The highest BCUT2D eigenvalue weighted by Gasteiger charge is 2.13. The van der Waals surface area contributed by atoms with Crippen LogP contribution >= 0.6 is 0 Å². The van der Waals surface area contributed by atoms with Crippen molar-refractivity contribution in [3.8, 4) is 5.75 Å². The summed E-state index contributed by atoms with van der Waals surface area (Å²) in [5, 5.41) is 0. The third-order valence-corrected chi connectivity index (χ3v) is 3.33. The van der Waals surface area contributed by atoms with Gasteiger partial charge in [-0.3, -0.25) is 4.79 Å². The number of hydrogen-bond donors (Lipinski definition) is 0. The third kappa shape index (κ3) is 3.60. The Morgan fingerprint density at radius 2 is 2.16 bits per heavy atom. The molecule has 0 bridgehead atoms. The highest BCUT2D eigenvalue weighted by atomic mass is 16.5. The molecule has 3 heteroatoms. The minimum atomic E-state index is -0.139. The topological polar surface area (TPSA) is 35.5 Å². The van der Waals surface area contributed by atoms with Gasteiger partial charge in [0.2, 0.25) is 0 Å². The molecule has 0 atom stereocenters. The number of carbonyl (C=O) groups excluding carboxylic acids is 1. The van der Waals surface area contributed by atoms with Gasteiger partial charge in [-0.2, -0.15) is 0 Å². The predicted molar refractivity (Wildman–Crippen MR) is 75.2 cm³/mol. The van der Waals surface area contributed by atoms with Gasteiger partial charge >= 0.3 is 5.97 Å². The van der Waals surface area contributed by atoms with Gasteiger partial charge in [0.25, 0.3) is 0 Å². The average molecular weight is 260 g/mol. The highest BCUT2D eigenvalue weighted by Crippen LogP contribution is 2.27. The summed E-state index contributed by atoms with van der Waals surface area (Å²) in [4.78, 5) is 11.6. The van der Waals surface area contributed by atoms with E-state index in [0.717, 1.165) is 36.1 Å². The number of esters is 1. The molecule has 102 valence electrons. The summed E-state index contributed by atoms with van der Waals surface area (Å²) in [5.74, 6) is 0.715. The van der Waals surface area contributed by atoms with Crippen molar-refractivity contribution in [2.24, 2.45) is 0 Å². The van der Waals surface area contributed by atoms with E-state index in [4.69, 9.17) is 9.47 Å². The summed E-state index contributed by atoms with van der Waals surface area (Å²) in [6.45, 7) is 2.27. The second-order valence-electron chi connectivity index (χ2n) is 4.70. The molecule has 0 fully saturated rings. The first-order valence-electron chi connectivity index (χ1n) is 6.75. The number of hydrogen-bond acceptors (Lipinski definition) is 3. The van der Waals surface area contributed by atoms with Gasteiger partial charge in [0, 0.05) is 0 Å². The Morgan fingerprint density at radius 1 is 1.32 bits per heavy atom. The minimum Gasteiger partial charge on any atom is -0.497 e. The molecule has 1 aromatic carbocycles. The van der Waals surface area contributed by atoms with Crippen molar-refractivity contribution < 1.29 is 14.3 Å². The third-order valence-electron chi connectivity index (χ3n) is 3.33. The van der Waals surface area contributed by atoms with Crippen LogP contribution in [0.4, 0.5) is 0 Å². The van der Waals surface area contributed by atoms with Crippen LogP contribution < -0.4 is 4.74 Å². The lowest BCUT2D eigenvalue weighted by atomic mass is 10.0. The molecule has 0 aliphatic heterocycles. The van der Waals surface area contributed by atoms with E-state index in [-0.39, 0.29) is 5.97 Å². The molecule has 0 amide bonds. The van der Waals surface area contributed by atoms with Crippen molar-refractivity contribution in [1.29, 1.82) is 0 Å². The van der Waals surface area contributed by atoms with Crippen LogP contribution in [0.25, 0.3) is 6.08 Å². The van der Waals surface area contributed by atoms with Crippen LogP contribution in [0.3, 0.4) is 0 Å². The molecule has 0 unspecified atom stereocenters. The van der Waals surface area contributed by atoms with Crippen LogP contribution in [-0.4, -0.2) is 19.7 Å². The molecule has 0 aromatic heterocycles. The van der Waals surface area contributed by atoms with E-state index >= 15 is 0 Å². The van der Waals surface area contributed by atoms with Crippen LogP contribution in [-0.2, 0) is 16.0 Å². The summed E-state index contributed by atoms with van der Waals surface area (Å²) in [7, 11) is 1.67. The molecule has 0 spiro atoms. The fraction of sp³-hybridized carbons (Fsp3) is 0.438. The summed E-state index contributed by atoms with van der Waals surface area (Å²) >= 11 is 0. The molecule has 1 aromatic rings. The predicted octanol–water partition coefficient (Wildman–Crippen LogP) is 3.37. The zero-order chi connectivity index (χ0) is 13.7. The summed E-state index contributed by atoms with van der Waals surface area (Å²) in [5.41, 5.74) is 3.63. The van der Waals surface area contributed by atoms with Gasteiger partial charge in [-0.25, -0.2) is 0 Å². The second-order valence-corrected chi connectivity index (χ2v) is 4.70. The normalized spacial score (nSPS) is 14.1. The maximum absolute atomic E-state index is 11.6. The lowest BCUT2D eigenvalue weighted by Crippen LogP contribution is -2.04. The van der Waals surface area contributed by atoms with Crippen LogP contribution in [0, 0.1) is 0 Å². The van der Waals surface area contributed by atoms with Crippen molar-refractivity contribution in [3.05, 3.63) is 34.9 Å². The Kier molecular flexibility index (Phi) is 4.61. The summed E-state index contributed by atoms with van der Waals surface area (Å²) < 4.78 is 10.3. The van der Waals surface area contributed by atoms with Crippen molar-refractivity contribution in [2.45, 2.75) is 32.6 Å². The SMILES string of the molecule is CCOC(=O)CC1=Cc2cc(OC)ccc2CCC1. The number of benzene rings is 1. The number of methoxy groups -OCH3 is 1. The first-order chi connectivity index (χ1) is 9.22. The Morgan fingerprint density at radius 3 is 2.89 bits per heavy atom. The van der Waals surface area contributed by atoms with Crippen molar-refractivity contribution in [3.63, 3.8) is 0 Å².